The summed E-state index contributed by atoms with van der Waals surface area (Å²) in [4.78, 5) is 22.7. The van der Waals surface area contributed by atoms with Crippen LogP contribution in [0.1, 0.15) is 44.3 Å². The van der Waals surface area contributed by atoms with Crippen LogP contribution in [0, 0.1) is 12.3 Å². The largest absolute Gasteiger partial charge is 0.467 e. The molecule has 0 spiro atoms. The molecule has 2 fully saturated rings. The second-order valence-electron chi connectivity index (χ2n) is 6.56. The van der Waals surface area contributed by atoms with Crippen molar-refractivity contribution in [3.63, 3.8) is 0 Å². The number of hydrogen-bond acceptors (Lipinski definition) is 7. The molecule has 1 aliphatic heterocycles. The van der Waals surface area contributed by atoms with Crippen molar-refractivity contribution in [1.29, 1.82) is 0 Å². The van der Waals surface area contributed by atoms with Gasteiger partial charge >= 0.3 is 5.97 Å². The highest BCUT2D eigenvalue weighted by Crippen LogP contribution is 2.39. The molecular formula is C18H22N6O2. The number of esters is 1. The van der Waals surface area contributed by atoms with E-state index in [1.54, 1.807) is 6.20 Å². The van der Waals surface area contributed by atoms with Gasteiger partial charge in [0.05, 0.1) is 18.9 Å². The molecule has 1 unspecified atom stereocenters. The van der Waals surface area contributed by atoms with Crippen LogP contribution in [0.15, 0.2) is 12.3 Å². The van der Waals surface area contributed by atoms with Gasteiger partial charge in [0.15, 0.2) is 11.6 Å². The third-order valence-electron chi connectivity index (χ3n) is 4.78. The van der Waals surface area contributed by atoms with E-state index in [1.165, 1.54) is 20.0 Å². The topological polar surface area (TPSA) is 96.0 Å². The van der Waals surface area contributed by atoms with Gasteiger partial charge in [-0.2, -0.15) is 10.1 Å². The molecule has 1 atom stereocenters. The lowest BCUT2D eigenvalue weighted by molar-refractivity contribution is -0.141. The Morgan fingerprint density at radius 2 is 2.35 bits per heavy atom. The number of H-pyrrole nitrogens is 1. The molecule has 2 aliphatic rings. The first-order chi connectivity index (χ1) is 12.7. The number of rotatable bonds is 5. The molecule has 2 aromatic heterocycles. The third kappa shape index (κ3) is 3.08. The van der Waals surface area contributed by atoms with E-state index in [0.29, 0.717) is 35.6 Å². The zero-order valence-electron chi connectivity index (χ0n) is 14.5. The minimum atomic E-state index is -0.364. The van der Waals surface area contributed by atoms with Gasteiger partial charge in [0.2, 0.25) is 5.95 Å². The van der Waals surface area contributed by atoms with Gasteiger partial charge in [0.25, 0.3) is 0 Å². The standard InChI is InChI=1S/C18H20N6O2.H2/c1-3-11-10-19-18(24-8-4-5-14(24)17(25)26-2)21-16(11)20-15-9-13(22-23-15)12-6-7-12;/h1,9-10,12,14H,4-8H2,2H3,(H2,19,20,21,22,23);1H. The van der Waals surface area contributed by atoms with E-state index in [9.17, 15) is 4.79 Å². The summed E-state index contributed by atoms with van der Waals surface area (Å²) in [5.41, 5.74) is 1.66. The maximum atomic E-state index is 12.0. The number of aromatic amines is 1. The molecule has 136 valence electrons. The normalized spacial score (nSPS) is 19.2. The number of nitrogens with one attached hydrogen (secondary N) is 2. The summed E-state index contributed by atoms with van der Waals surface area (Å²) in [5, 5.41) is 10.5. The maximum Gasteiger partial charge on any atom is 0.328 e. The van der Waals surface area contributed by atoms with Crippen LogP contribution in [-0.4, -0.2) is 45.8 Å². The Morgan fingerprint density at radius 1 is 1.50 bits per heavy atom. The lowest BCUT2D eigenvalue weighted by Crippen LogP contribution is -2.38. The van der Waals surface area contributed by atoms with E-state index in [-0.39, 0.29) is 13.4 Å². The van der Waals surface area contributed by atoms with Crippen LogP contribution in [0.3, 0.4) is 0 Å². The molecule has 1 aliphatic carbocycles. The Hall–Kier alpha value is -3.08. The van der Waals surface area contributed by atoms with E-state index in [0.717, 1.165) is 18.5 Å². The zero-order valence-corrected chi connectivity index (χ0v) is 14.5. The Morgan fingerprint density at radius 3 is 3.08 bits per heavy atom. The fraction of sp³-hybridized carbons (Fsp3) is 0.444. The summed E-state index contributed by atoms with van der Waals surface area (Å²) < 4.78 is 4.89. The monoisotopic (exact) mass is 354 g/mol. The predicted molar refractivity (Wildman–Crippen MR) is 98.3 cm³/mol. The van der Waals surface area contributed by atoms with Gasteiger partial charge in [-0.05, 0) is 25.7 Å². The molecule has 3 heterocycles. The Kier molecular flexibility index (Phi) is 4.21. The fourth-order valence-corrected chi connectivity index (χ4v) is 3.22. The molecule has 4 rings (SSSR count). The molecule has 8 nitrogen and oxygen atoms in total. The number of carbonyl (C=O) groups excluding carboxylic acids is 1. The maximum absolute atomic E-state index is 12.0. The predicted octanol–water partition coefficient (Wildman–Crippen LogP) is 2.19. The third-order valence-corrected chi connectivity index (χ3v) is 4.78. The van der Waals surface area contributed by atoms with Crippen molar-refractivity contribution < 1.29 is 11.0 Å². The number of nitrogens with zero attached hydrogens (tertiary/aromatic N) is 4. The molecule has 0 bridgehead atoms. The van der Waals surface area contributed by atoms with Gasteiger partial charge in [-0.15, -0.1) is 6.42 Å². The number of aromatic nitrogens is 4. The van der Waals surface area contributed by atoms with Gasteiger partial charge in [-0.3, -0.25) is 5.10 Å². The average Bonchev–Trinajstić information content (AvgIpc) is 3.21. The first kappa shape index (κ1) is 16.4. The minimum Gasteiger partial charge on any atom is -0.467 e. The van der Waals surface area contributed by atoms with Crippen molar-refractivity contribution in [3.8, 4) is 12.3 Å². The zero-order chi connectivity index (χ0) is 18.1. The van der Waals surface area contributed by atoms with E-state index < -0.39 is 0 Å². The van der Waals surface area contributed by atoms with E-state index in [2.05, 4.69) is 31.4 Å². The fourth-order valence-electron chi connectivity index (χ4n) is 3.22. The van der Waals surface area contributed by atoms with Gasteiger partial charge in [-0.25, -0.2) is 9.78 Å². The molecular weight excluding hydrogens is 332 g/mol. The van der Waals surface area contributed by atoms with Crippen molar-refractivity contribution in [2.75, 3.05) is 23.9 Å². The van der Waals surface area contributed by atoms with Crippen LogP contribution in [-0.2, 0) is 9.53 Å². The van der Waals surface area contributed by atoms with Crippen molar-refractivity contribution in [2.45, 2.75) is 37.6 Å². The van der Waals surface area contributed by atoms with Gasteiger partial charge in [0.1, 0.15) is 6.04 Å². The van der Waals surface area contributed by atoms with Crippen molar-refractivity contribution in [2.24, 2.45) is 0 Å². The molecule has 26 heavy (non-hydrogen) atoms. The minimum absolute atomic E-state index is 0. The molecule has 0 aromatic carbocycles. The van der Waals surface area contributed by atoms with Gasteiger partial charge in [-0.1, -0.05) is 5.92 Å². The summed E-state index contributed by atoms with van der Waals surface area (Å²) in [5.74, 6) is 4.51. The van der Waals surface area contributed by atoms with Crippen molar-refractivity contribution >= 4 is 23.6 Å². The summed E-state index contributed by atoms with van der Waals surface area (Å²) in [6.45, 7) is 0.697. The van der Waals surface area contributed by atoms with Crippen LogP contribution in [0.5, 0.6) is 0 Å². The lowest BCUT2D eigenvalue weighted by atomic mass is 10.2. The molecule has 2 N–H and O–H groups in total. The summed E-state index contributed by atoms with van der Waals surface area (Å²) in [6, 6.07) is 1.61. The molecule has 0 radical (unpaired) electrons. The summed E-state index contributed by atoms with van der Waals surface area (Å²) in [7, 11) is 1.39. The van der Waals surface area contributed by atoms with Crippen molar-refractivity contribution in [3.05, 3.63) is 23.5 Å². The van der Waals surface area contributed by atoms with Crippen molar-refractivity contribution in [1.82, 2.24) is 20.2 Å². The molecule has 1 saturated heterocycles. The van der Waals surface area contributed by atoms with Crippen LogP contribution in [0.25, 0.3) is 0 Å². The Labute approximate surface area is 152 Å². The smallest absolute Gasteiger partial charge is 0.328 e. The number of methoxy groups -OCH3 is 1. The highest BCUT2D eigenvalue weighted by atomic mass is 16.5. The summed E-state index contributed by atoms with van der Waals surface area (Å²) >= 11 is 0. The first-order valence-electron chi connectivity index (χ1n) is 8.70. The number of carbonyl (C=O) groups is 1. The van der Waals surface area contributed by atoms with Crippen LogP contribution in [0.4, 0.5) is 17.6 Å². The highest BCUT2D eigenvalue weighted by Gasteiger charge is 2.33. The second-order valence-corrected chi connectivity index (χ2v) is 6.56. The van der Waals surface area contributed by atoms with Gasteiger partial charge in [0, 0.05) is 25.6 Å². The second kappa shape index (κ2) is 6.67. The molecule has 0 amide bonds. The quantitative estimate of drug-likeness (QED) is 0.627. The number of ether oxygens (including phenoxy) is 1. The van der Waals surface area contributed by atoms with E-state index >= 15 is 0 Å². The molecule has 2 aromatic rings. The number of anilines is 3. The highest BCUT2D eigenvalue weighted by molar-refractivity contribution is 5.80. The van der Waals surface area contributed by atoms with E-state index in [1.807, 2.05) is 11.0 Å². The van der Waals surface area contributed by atoms with E-state index in [4.69, 9.17) is 11.2 Å². The Balaban J connectivity index is 0.00000210. The van der Waals surface area contributed by atoms with Crippen LogP contribution >= 0.6 is 0 Å². The number of terminal acetylenes is 1. The molecule has 1 saturated carbocycles. The van der Waals surface area contributed by atoms with Crippen LogP contribution in [0.2, 0.25) is 0 Å². The SMILES string of the molecule is C#Cc1cnc(N2CCCC2C(=O)OC)nc1Nc1cc(C2CC2)[nH]n1.[HH]. The number of hydrogen-bond donors (Lipinski definition) is 2. The Bertz CT molecular complexity index is 873. The molecule has 8 heteroatoms. The first-order valence-corrected chi connectivity index (χ1v) is 8.70. The average molecular weight is 354 g/mol. The van der Waals surface area contributed by atoms with Gasteiger partial charge < -0.3 is 15.0 Å². The van der Waals surface area contributed by atoms with Crippen LogP contribution < -0.4 is 10.2 Å². The lowest BCUT2D eigenvalue weighted by Gasteiger charge is -2.23. The summed E-state index contributed by atoms with van der Waals surface area (Å²) in [6.07, 6.45) is 11.2.